The molecule has 0 aliphatic carbocycles. The van der Waals surface area contributed by atoms with E-state index in [1.807, 2.05) is 37.4 Å². The Bertz CT molecular complexity index is 372. The maximum atomic E-state index is 5.16. The quantitative estimate of drug-likeness (QED) is 0.792. The number of hydrogen-bond donors (Lipinski definition) is 1. The standard InChI is InChI=1S/C10H11N3O/c1-11-9(10-13-12-7-14-10)8-5-3-2-4-6-8/h2-7,9,11H,1H3. The van der Waals surface area contributed by atoms with Gasteiger partial charge < -0.3 is 9.73 Å². The van der Waals surface area contributed by atoms with E-state index in [4.69, 9.17) is 4.42 Å². The van der Waals surface area contributed by atoms with E-state index in [9.17, 15) is 0 Å². The summed E-state index contributed by atoms with van der Waals surface area (Å²) in [6.45, 7) is 0. The molecule has 0 radical (unpaired) electrons. The highest BCUT2D eigenvalue weighted by atomic mass is 16.4. The van der Waals surface area contributed by atoms with Gasteiger partial charge in [0.2, 0.25) is 12.3 Å². The molecule has 0 fully saturated rings. The average molecular weight is 189 g/mol. The van der Waals surface area contributed by atoms with Crippen molar-refractivity contribution in [3.05, 3.63) is 48.2 Å². The van der Waals surface area contributed by atoms with Gasteiger partial charge in [-0.15, -0.1) is 10.2 Å². The number of hydrogen-bond acceptors (Lipinski definition) is 4. The van der Waals surface area contributed by atoms with Crippen LogP contribution in [0.4, 0.5) is 0 Å². The summed E-state index contributed by atoms with van der Waals surface area (Å²) in [6, 6.07) is 9.95. The molecule has 4 heteroatoms. The predicted molar refractivity (Wildman–Crippen MR) is 51.6 cm³/mol. The summed E-state index contributed by atoms with van der Waals surface area (Å²) < 4.78 is 5.16. The Morgan fingerprint density at radius 1 is 1.29 bits per heavy atom. The monoisotopic (exact) mass is 189 g/mol. The zero-order valence-corrected chi connectivity index (χ0v) is 7.84. The Hall–Kier alpha value is -1.68. The van der Waals surface area contributed by atoms with Crippen LogP contribution in [-0.4, -0.2) is 17.2 Å². The minimum atomic E-state index is -0.0290. The van der Waals surface area contributed by atoms with Crippen LogP contribution in [0.2, 0.25) is 0 Å². The van der Waals surface area contributed by atoms with Gasteiger partial charge in [-0.2, -0.15) is 0 Å². The number of aromatic nitrogens is 2. The molecule has 4 nitrogen and oxygen atoms in total. The zero-order chi connectivity index (χ0) is 9.80. The lowest BCUT2D eigenvalue weighted by Gasteiger charge is -2.11. The van der Waals surface area contributed by atoms with Crippen LogP contribution in [0, 0.1) is 0 Å². The third-order valence-corrected chi connectivity index (χ3v) is 2.05. The average Bonchev–Trinajstić information content (AvgIpc) is 2.74. The fourth-order valence-corrected chi connectivity index (χ4v) is 1.39. The van der Waals surface area contributed by atoms with Crippen LogP contribution in [0.15, 0.2) is 41.1 Å². The van der Waals surface area contributed by atoms with Crippen molar-refractivity contribution in [2.75, 3.05) is 7.05 Å². The highest BCUT2D eigenvalue weighted by molar-refractivity contribution is 5.23. The van der Waals surface area contributed by atoms with Crippen molar-refractivity contribution < 1.29 is 4.42 Å². The summed E-state index contributed by atoms with van der Waals surface area (Å²) in [7, 11) is 1.86. The second-order valence-electron chi connectivity index (χ2n) is 2.91. The van der Waals surface area contributed by atoms with Gasteiger partial charge in [0.1, 0.15) is 6.04 Å². The van der Waals surface area contributed by atoms with Gasteiger partial charge in [0.25, 0.3) is 0 Å². The molecule has 0 saturated carbocycles. The molecule has 2 aromatic rings. The first kappa shape index (κ1) is 8.90. The normalized spacial score (nSPS) is 12.6. The van der Waals surface area contributed by atoms with E-state index in [2.05, 4.69) is 15.5 Å². The van der Waals surface area contributed by atoms with E-state index in [-0.39, 0.29) is 6.04 Å². The molecule has 0 spiro atoms. The van der Waals surface area contributed by atoms with E-state index in [0.29, 0.717) is 5.89 Å². The minimum absolute atomic E-state index is 0.0290. The molecule has 1 heterocycles. The fourth-order valence-electron chi connectivity index (χ4n) is 1.39. The SMILES string of the molecule is CNC(c1ccccc1)c1nnco1. The Labute approximate surface area is 82.0 Å². The van der Waals surface area contributed by atoms with Crippen molar-refractivity contribution in [3.63, 3.8) is 0 Å². The smallest absolute Gasteiger partial charge is 0.237 e. The number of rotatable bonds is 3. The molecule has 1 unspecified atom stereocenters. The fraction of sp³-hybridized carbons (Fsp3) is 0.200. The van der Waals surface area contributed by atoms with E-state index in [0.717, 1.165) is 5.56 Å². The van der Waals surface area contributed by atoms with Gasteiger partial charge in [0.15, 0.2) is 0 Å². The summed E-state index contributed by atoms with van der Waals surface area (Å²) in [4.78, 5) is 0. The Morgan fingerprint density at radius 2 is 2.07 bits per heavy atom. The van der Waals surface area contributed by atoms with Crippen LogP contribution in [-0.2, 0) is 0 Å². The van der Waals surface area contributed by atoms with Gasteiger partial charge in [-0.05, 0) is 12.6 Å². The highest BCUT2D eigenvalue weighted by Gasteiger charge is 2.15. The molecule has 1 atom stereocenters. The van der Waals surface area contributed by atoms with Crippen LogP contribution in [0.25, 0.3) is 0 Å². The summed E-state index contributed by atoms with van der Waals surface area (Å²) in [6.07, 6.45) is 1.34. The second kappa shape index (κ2) is 4.02. The maximum absolute atomic E-state index is 5.16. The van der Waals surface area contributed by atoms with Gasteiger partial charge in [0, 0.05) is 0 Å². The lowest BCUT2D eigenvalue weighted by atomic mass is 10.1. The number of nitrogens with zero attached hydrogens (tertiary/aromatic N) is 2. The van der Waals surface area contributed by atoms with Crippen LogP contribution < -0.4 is 5.32 Å². The molecule has 1 aromatic carbocycles. The van der Waals surface area contributed by atoms with Crippen LogP contribution in [0.5, 0.6) is 0 Å². The Morgan fingerprint density at radius 3 is 2.64 bits per heavy atom. The lowest BCUT2D eigenvalue weighted by molar-refractivity contribution is 0.447. The van der Waals surface area contributed by atoms with Gasteiger partial charge in [0.05, 0.1) is 0 Å². The molecule has 0 amide bonds. The van der Waals surface area contributed by atoms with Crippen LogP contribution in [0.3, 0.4) is 0 Å². The summed E-state index contributed by atoms with van der Waals surface area (Å²) in [5.74, 6) is 0.582. The van der Waals surface area contributed by atoms with E-state index < -0.39 is 0 Å². The number of nitrogens with one attached hydrogen (secondary N) is 1. The second-order valence-corrected chi connectivity index (χ2v) is 2.91. The van der Waals surface area contributed by atoms with Crippen molar-refractivity contribution in [2.24, 2.45) is 0 Å². The van der Waals surface area contributed by atoms with Gasteiger partial charge >= 0.3 is 0 Å². The van der Waals surface area contributed by atoms with Crippen molar-refractivity contribution in [1.82, 2.24) is 15.5 Å². The summed E-state index contributed by atoms with van der Waals surface area (Å²) in [5, 5.41) is 10.7. The highest BCUT2D eigenvalue weighted by Crippen LogP contribution is 2.18. The first-order chi connectivity index (χ1) is 6.92. The van der Waals surface area contributed by atoms with E-state index in [1.54, 1.807) is 0 Å². The molecule has 72 valence electrons. The topological polar surface area (TPSA) is 51.0 Å². The van der Waals surface area contributed by atoms with E-state index in [1.165, 1.54) is 6.39 Å². The van der Waals surface area contributed by atoms with E-state index >= 15 is 0 Å². The van der Waals surface area contributed by atoms with Crippen molar-refractivity contribution in [1.29, 1.82) is 0 Å². The van der Waals surface area contributed by atoms with Crippen molar-refractivity contribution in [2.45, 2.75) is 6.04 Å². The van der Waals surface area contributed by atoms with Gasteiger partial charge in [-0.3, -0.25) is 0 Å². The maximum Gasteiger partial charge on any atom is 0.237 e. The predicted octanol–water partition coefficient (Wildman–Crippen LogP) is 1.38. The molecule has 0 bridgehead atoms. The molecular weight excluding hydrogens is 178 g/mol. The molecule has 1 N–H and O–H groups in total. The minimum Gasteiger partial charge on any atom is -0.426 e. The molecule has 1 aromatic heterocycles. The summed E-state index contributed by atoms with van der Waals surface area (Å²) >= 11 is 0. The Balaban J connectivity index is 2.31. The molecule has 0 aliphatic rings. The van der Waals surface area contributed by atoms with Crippen molar-refractivity contribution in [3.8, 4) is 0 Å². The molecule has 0 saturated heterocycles. The van der Waals surface area contributed by atoms with Gasteiger partial charge in [-0.1, -0.05) is 30.3 Å². The first-order valence-corrected chi connectivity index (χ1v) is 4.40. The zero-order valence-electron chi connectivity index (χ0n) is 7.84. The molecule has 0 aliphatic heterocycles. The Kier molecular flexibility index (Phi) is 2.55. The third-order valence-electron chi connectivity index (χ3n) is 2.05. The molecule has 14 heavy (non-hydrogen) atoms. The molecule has 2 rings (SSSR count). The summed E-state index contributed by atoms with van der Waals surface area (Å²) in [5.41, 5.74) is 1.11. The van der Waals surface area contributed by atoms with Gasteiger partial charge in [-0.25, -0.2) is 0 Å². The number of benzene rings is 1. The lowest BCUT2D eigenvalue weighted by Crippen LogP contribution is -2.17. The first-order valence-electron chi connectivity index (χ1n) is 4.40. The molecular formula is C10H11N3O. The van der Waals surface area contributed by atoms with Crippen molar-refractivity contribution >= 4 is 0 Å². The third kappa shape index (κ3) is 1.65. The van der Waals surface area contributed by atoms with Crippen LogP contribution in [0.1, 0.15) is 17.5 Å². The largest absolute Gasteiger partial charge is 0.426 e. The van der Waals surface area contributed by atoms with Crippen LogP contribution >= 0.6 is 0 Å².